The van der Waals surface area contributed by atoms with Crippen molar-refractivity contribution in [2.75, 3.05) is 39.9 Å². The van der Waals surface area contributed by atoms with Crippen molar-refractivity contribution in [2.24, 2.45) is 0 Å². The normalized spacial score (nSPS) is 12.1. The van der Waals surface area contributed by atoms with Gasteiger partial charge in [-0.05, 0) is 18.2 Å². The third kappa shape index (κ3) is 4.71. The molecule has 0 radical (unpaired) electrons. The van der Waals surface area contributed by atoms with E-state index in [1.165, 1.54) is 21.3 Å². The number of hydrogen-bond acceptors (Lipinski definition) is 7. The predicted molar refractivity (Wildman–Crippen MR) is 106 cm³/mol. The van der Waals surface area contributed by atoms with Crippen molar-refractivity contribution in [1.29, 1.82) is 0 Å². The highest BCUT2D eigenvalue weighted by Crippen LogP contribution is 2.40. The molecule has 0 aromatic heterocycles. The number of Topliss-reactive ketones (excluding diaryl/α,β-unsaturated/α-hetero) is 1. The Kier molecular flexibility index (Phi) is 6.43. The Bertz CT molecular complexity index is 885. The highest BCUT2D eigenvalue weighted by molar-refractivity contribution is 6.00. The summed E-state index contributed by atoms with van der Waals surface area (Å²) in [7, 11) is 4.49. The Morgan fingerprint density at radius 3 is 2.17 bits per heavy atom. The number of hydrogen-bond donors (Lipinski definition) is 1. The van der Waals surface area contributed by atoms with E-state index in [4.69, 9.17) is 23.7 Å². The first kappa shape index (κ1) is 20.3. The van der Waals surface area contributed by atoms with Crippen LogP contribution in [0.25, 0.3) is 0 Å². The average Bonchev–Trinajstić information content (AvgIpc) is 2.76. The summed E-state index contributed by atoms with van der Waals surface area (Å²) in [5, 5.41) is 2.75. The fourth-order valence-corrected chi connectivity index (χ4v) is 2.96. The van der Waals surface area contributed by atoms with Gasteiger partial charge in [0, 0.05) is 36.2 Å². The SMILES string of the molecule is COc1cc(NC(=O)CCC(=O)c2ccc3c(c2)OCCO3)cc(OC)c1OC. The number of fused-ring (bicyclic) bond motifs is 1. The van der Waals surface area contributed by atoms with Crippen LogP contribution in [0, 0.1) is 0 Å². The van der Waals surface area contributed by atoms with E-state index in [1.807, 2.05) is 0 Å². The molecule has 0 bridgehead atoms. The summed E-state index contributed by atoms with van der Waals surface area (Å²) < 4.78 is 26.7. The molecule has 1 heterocycles. The van der Waals surface area contributed by atoms with Gasteiger partial charge in [-0.3, -0.25) is 9.59 Å². The van der Waals surface area contributed by atoms with Crippen molar-refractivity contribution >= 4 is 17.4 Å². The van der Waals surface area contributed by atoms with Gasteiger partial charge < -0.3 is 29.0 Å². The maximum absolute atomic E-state index is 12.4. The van der Waals surface area contributed by atoms with Crippen molar-refractivity contribution in [3.63, 3.8) is 0 Å². The van der Waals surface area contributed by atoms with Gasteiger partial charge in [-0.2, -0.15) is 0 Å². The minimum Gasteiger partial charge on any atom is -0.493 e. The zero-order valence-corrected chi connectivity index (χ0v) is 16.6. The summed E-state index contributed by atoms with van der Waals surface area (Å²) in [5.74, 6) is 2.00. The molecule has 154 valence electrons. The van der Waals surface area contributed by atoms with Crippen molar-refractivity contribution in [2.45, 2.75) is 12.8 Å². The minimum atomic E-state index is -0.301. The van der Waals surface area contributed by atoms with Crippen LogP contribution in [-0.4, -0.2) is 46.2 Å². The number of methoxy groups -OCH3 is 3. The number of amides is 1. The molecule has 2 aromatic carbocycles. The molecule has 2 aromatic rings. The van der Waals surface area contributed by atoms with E-state index in [0.29, 0.717) is 53.2 Å². The fraction of sp³-hybridized carbons (Fsp3) is 0.333. The molecule has 0 fully saturated rings. The first-order valence-corrected chi connectivity index (χ1v) is 9.08. The Balaban J connectivity index is 1.62. The minimum absolute atomic E-state index is 0.0317. The highest BCUT2D eigenvalue weighted by Gasteiger charge is 2.17. The molecule has 1 amide bonds. The van der Waals surface area contributed by atoms with Crippen LogP contribution in [0.15, 0.2) is 30.3 Å². The summed E-state index contributed by atoms with van der Waals surface area (Å²) in [6, 6.07) is 8.28. The zero-order chi connectivity index (χ0) is 20.8. The maximum atomic E-state index is 12.4. The molecule has 1 N–H and O–H groups in total. The van der Waals surface area contributed by atoms with E-state index < -0.39 is 0 Å². The molecule has 3 rings (SSSR count). The van der Waals surface area contributed by atoms with Crippen LogP contribution in [-0.2, 0) is 4.79 Å². The van der Waals surface area contributed by atoms with Gasteiger partial charge in [-0.1, -0.05) is 0 Å². The third-order valence-corrected chi connectivity index (χ3v) is 4.39. The molecule has 8 heteroatoms. The lowest BCUT2D eigenvalue weighted by Gasteiger charge is -2.18. The molecule has 8 nitrogen and oxygen atoms in total. The molecule has 0 saturated carbocycles. The number of nitrogens with one attached hydrogen (secondary N) is 1. The van der Waals surface area contributed by atoms with Crippen LogP contribution in [0.5, 0.6) is 28.7 Å². The molecule has 0 aliphatic carbocycles. The van der Waals surface area contributed by atoms with E-state index >= 15 is 0 Å². The number of anilines is 1. The molecule has 0 unspecified atom stereocenters. The van der Waals surface area contributed by atoms with Gasteiger partial charge in [0.2, 0.25) is 11.7 Å². The summed E-state index contributed by atoms with van der Waals surface area (Å²) in [6.07, 6.45) is 0.0971. The number of carbonyl (C=O) groups excluding carboxylic acids is 2. The molecule has 0 saturated heterocycles. The van der Waals surface area contributed by atoms with E-state index in [2.05, 4.69) is 5.32 Å². The second-order valence-corrected chi connectivity index (χ2v) is 6.24. The van der Waals surface area contributed by atoms with Gasteiger partial charge in [0.05, 0.1) is 21.3 Å². The van der Waals surface area contributed by atoms with E-state index in [-0.39, 0.29) is 24.5 Å². The second kappa shape index (κ2) is 9.18. The van der Waals surface area contributed by atoms with E-state index in [9.17, 15) is 9.59 Å². The fourth-order valence-electron chi connectivity index (χ4n) is 2.96. The van der Waals surface area contributed by atoms with Gasteiger partial charge in [-0.15, -0.1) is 0 Å². The summed E-state index contributed by atoms with van der Waals surface area (Å²) in [4.78, 5) is 24.8. The number of rotatable bonds is 8. The lowest BCUT2D eigenvalue weighted by Crippen LogP contribution is -2.16. The van der Waals surface area contributed by atoms with Gasteiger partial charge in [0.1, 0.15) is 13.2 Å². The molecule has 0 spiro atoms. The Hall–Kier alpha value is -3.42. The van der Waals surface area contributed by atoms with E-state index in [1.54, 1.807) is 30.3 Å². The summed E-state index contributed by atoms with van der Waals surface area (Å²) >= 11 is 0. The first-order valence-electron chi connectivity index (χ1n) is 9.08. The van der Waals surface area contributed by atoms with Crippen LogP contribution < -0.4 is 29.0 Å². The molecule has 1 aliphatic heterocycles. The average molecular weight is 401 g/mol. The summed E-state index contributed by atoms with van der Waals surface area (Å²) in [5.41, 5.74) is 0.964. The Morgan fingerprint density at radius 2 is 1.55 bits per heavy atom. The Labute approximate surface area is 168 Å². The number of benzene rings is 2. The lowest BCUT2D eigenvalue weighted by atomic mass is 10.1. The van der Waals surface area contributed by atoms with E-state index in [0.717, 1.165) is 0 Å². The van der Waals surface area contributed by atoms with Crippen LogP contribution in [0.4, 0.5) is 5.69 Å². The summed E-state index contributed by atoms with van der Waals surface area (Å²) in [6.45, 7) is 0.934. The van der Waals surface area contributed by atoms with Gasteiger partial charge in [0.25, 0.3) is 0 Å². The molecular formula is C21H23NO7. The monoisotopic (exact) mass is 401 g/mol. The van der Waals surface area contributed by atoms with Crippen molar-refractivity contribution in [1.82, 2.24) is 0 Å². The van der Waals surface area contributed by atoms with Crippen molar-refractivity contribution in [3.8, 4) is 28.7 Å². The first-order chi connectivity index (χ1) is 14.0. The van der Waals surface area contributed by atoms with Crippen LogP contribution in [0.2, 0.25) is 0 Å². The van der Waals surface area contributed by atoms with Crippen LogP contribution in [0.3, 0.4) is 0 Å². The second-order valence-electron chi connectivity index (χ2n) is 6.24. The van der Waals surface area contributed by atoms with Crippen molar-refractivity contribution in [3.05, 3.63) is 35.9 Å². The molecule has 29 heavy (non-hydrogen) atoms. The standard InChI is InChI=1S/C21H23NO7/c1-25-18-11-14(12-19(26-2)21(18)27-3)22-20(24)7-5-15(23)13-4-6-16-17(10-13)29-9-8-28-16/h4,6,10-12H,5,7-9H2,1-3H3,(H,22,24). The number of ketones is 1. The van der Waals surface area contributed by atoms with Gasteiger partial charge in [-0.25, -0.2) is 0 Å². The largest absolute Gasteiger partial charge is 0.493 e. The quantitative estimate of drug-likeness (QED) is 0.680. The third-order valence-electron chi connectivity index (χ3n) is 4.39. The molecular weight excluding hydrogens is 378 g/mol. The van der Waals surface area contributed by atoms with Gasteiger partial charge >= 0.3 is 0 Å². The number of carbonyl (C=O) groups is 2. The zero-order valence-electron chi connectivity index (χ0n) is 16.6. The van der Waals surface area contributed by atoms with Crippen molar-refractivity contribution < 1.29 is 33.3 Å². The highest BCUT2D eigenvalue weighted by atomic mass is 16.6. The smallest absolute Gasteiger partial charge is 0.224 e. The predicted octanol–water partition coefficient (Wildman–Crippen LogP) is 3.09. The van der Waals surface area contributed by atoms with Gasteiger partial charge in [0.15, 0.2) is 28.8 Å². The van der Waals surface area contributed by atoms with Crippen LogP contribution in [0.1, 0.15) is 23.2 Å². The maximum Gasteiger partial charge on any atom is 0.224 e. The molecule has 0 atom stereocenters. The molecule has 1 aliphatic rings. The lowest BCUT2D eigenvalue weighted by molar-refractivity contribution is -0.116. The van der Waals surface area contributed by atoms with Crippen LogP contribution >= 0.6 is 0 Å². The Morgan fingerprint density at radius 1 is 0.897 bits per heavy atom. The topological polar surface area (TPSA) is 92.3 Å². The number of ether oxygens (including phenoxy) is 5.